The first-order valence-electron chi connectivity index (χ1n) is 12.4. The number of nitriles is 1. The quantitative estimate of drug-likeness (QED) is 0.270. The molecule has 0 saturated carbocycles. The summed E-state index contributed by atoms with van der Waals surface area (Å²) in [4.78, 5) is 26.2. The lowest BCUT2D eigenvalue weighted by Crippen LogP contribution is -2.31. The van der Waals surface area contributed by atoms with E-state index in [1.54, 1.807) is 37.3 Å². The van der Waals surface area contributed by atoms with Crippen molar-refractivity contribution in [3.8, 4) is 11.8 Å². The van der Waals surface area contributed by atoms with Gasteiger partial charge >= 0.3 is 0 Å². The van der Waals surface area contributed by atoms with Gasteiger partial charge in [-0.05, 0) is 62.4 Å². The number of nitrogens with zero attached hydrogens (tertiary/aromatic N) is 1. The number of allylic oxidation sites excluding steroid dienone is 2. The number of hydrogen-bond donors (Lipinski definition) is 4. The van der Waals surface area contributed by atoms with Crippen molar-refractivity contribution >= 4 is 45.0 Å². The van der Waals surface area contributed by atoms with Crippen LogP contribution >= 0.6 is 11.8 Å². The molecule has 0 saturated heterocycles. The first-order valence-corrected chi connectivity index (χ1v) is 14.9. The van der Waals surface area contributed by atoms with E-state index in [1.165, 1.54) is 30.5 Å². The second kappa shape index (κ2) is 12.8. The fourth-order valence-electron chi connectivity index (χ4n) is 4.17. The molecule has 11 nitrogen and oxygen atoms in total. The van der Waals surface area contributed by atoms with Gasteiger partial charge in [-0.1, -0.05) is 23.9 Å². The number of carbonyl (C=O) groups excluding carboxylic acids is 2. The van der Waals surface area contributed by atoms with Gasteiger partial charge in [0, 0.05) is 11.4 Å². The predicted molar refractivity (Wildman–Crippen MR) is 155 cm³/mol. The maximum atomic E-state index is 13.5. The number of ether oxygens (including phenoxy) is 1. The third-order valence-corrected chi connectivity index (χ3v) is 7.92. The maximum absolute atomic E-state index is 13.5. The monoisotopic (exact) mass is 593 g/mol. The van der Waals surface area contributed by atoms with E-state index >= 15 is 0 Å². The molecule has 0 fully saturated rings. The minimum Gasteiger partial charge on any atom is -0.492 e. The number of thioether (sulfide) groups is 1. The Morgan fingerprint density at radius 3 is 2.49 bits per heavy atom. The molecule has 1 atom stereocenters. The molecule has 0 bridgehead atoms. The Hall–Kier alpha value is -4.51. The number of rotatable bonds is 10. The van der Waals surface area contributed by atoms with Crippen molar-refractivity contribution in [2.75, 3.05) is 23.0 Å². The number of para-hydroxylation sites is 2. The second-order valence-corrected chi connectivity index (χ2v) is 11.3. The number of furan rings is 1. The summed E-state index contributed by atoms with van der Waals surface area (Å²) < 4.78 is 34.3. The van der Waals surface area contributed by atoms with Crippen LogP contribution in [0.2, 0.25) is 0 Å². The van der Waals surface area contributed by atoms with E-state index in [9.17, 15) is 23.3 Å². The Kier molecular flexibility index (Phi) is 9.18. The Morgan fingerprint density at radius 2 is 1.85 bits per heavy atom. The van der Waals surface area contributed by atoms with Gasteiger partial charge in [0.25, 0.3) is 5.91 Å². The number of nitrogens with one attached hydrogen (secondary N) is 3. The van der Waals surface area contributed by atoms with E-state index in [-0.39, 0.29) is 27.7 Å². The molecule has 0 spiro atoms. The van der Waals surface area contributed by atoms with Gasteiger partial charge in [0.2, 0.25) is 15.9 Å². The van der Waals surface area contributed by atoms with Crippen molar-refractivity contribution < 1.29 is 27.2 Å². The Balaban J connectivity index is 1.56. The molecule has 1 aliphatic rings. The summed E-state index contributed by atoms with van der Waals surface area (Å²) in [5, 5.41) is 24.4. The number of nitrogens with two attached hydrogens (primary N) is 1. The smallest absolute Gasteiger partial charge is 0.254 e. The molecular weight excluding hydrogens is 566 g/mol. The van der Waals surface area contributed by atoms with Crippen LogP contribution in [-0.4, -0.2) is 32.6 Å². The summed E-state index contributed by atoms with van der Waals surface area (Å²) in [6.45, 7) is 3.98. The normalized spacial score (nSPS) is 15.1. The fraction of sp³-hybridized carbons (Fsp3) is 0.179. The van der Waals surface area contributed by atoms with Crippen molar-refractivity contribution in [3.05, 3.63) is 94.6 Å². The highest BCUT2D eigenvalue weighted by Gasteiger charge is 2.36. The molecule has 2 heterocycles. The number of carbonyl (C=O) groups is 2. The topological polar surface area (TPSA) is 177 Å². The molecule has 0 unspecified atom stereocenters. The van der Waals surface area contributed by atoms with E-state index in [1.807, 2.05) is 13.0 Å². The lowest BCUT2D eigenvalue weighted by Gasteiger charge is -2.28. The predicted octanol–water partition coefficient (Wildman–Crippen LogP) is 4.03. The van der Waals surface area contributed by atoms with E-state index < -0.39 is 21.8 Å². The van der Waals surface area contributed by atoms with Crippen LogP contribution < -0.4 is 25.8 Å². The minimum atomic E-state index is -3.89. The molecule has 0 radical (unpaired) electrons. The molecule has 3 aromatic rings. The largest absolute Gasteiger partial charge is 0.492 e. The zero-order valence-electron chi connectivity index (χ0n) is 22.1. The highest BCUT2D eigenvalue weighted by molar-refractivity contribution is 8.03. The number of sulfonamides is 1. The number of amides is 2. The van der Waals surface area contributed by atoms with Crippen LogP contribution in [0.5, 0.6) is 5.75 Å². The van der Waals surface area contributed by atoms with Crippen molar-refractivity contribution in [2.45, 2.75) is 24.7 Å². The Bertz CT molecular complexity index is 1660. The molecule has 2 aromatic carbocycles. The van der Waals surface area contributed by atoms with Crippen molar-refractivity contribution in [1.82, 2.24) is 5.32 Å². The average Bonchev–Trinajstić information content (AvgIpc) is 3.47. The molecule has 0 aliphatic carbocycles. The lowest BCUT2D eigenvalue weighted by atomic mass is 9.85. The van der Waals surface area contributed by atoms with Crippen LogP contribution in [0.4, 0.5) is 11.4 Å². The van der Waals surface area contributed by atoms with E-state index in [0.717, 1.165) is 11.8 Å². The molecule has 2 amide bonds. The van der Waals surface area contributed by atoms with Crippen LogP contribution in [0.3, 0.4) is 0 Å². The number of benzene rings is 2. The van der Waals surface area contributed by atoms with E-state index in [2.05, 4.69) is 22.0 Å². The van der Waals surface area contributed by atoms with Gasteiger partial charge < -0.3 is 25.1 Å². The highest BCUT2D eigenvalue weighted by atomic mass is 32.2. The lowest BCUT2D eigenvalue weighted by molar-refractivity contribution is -0.114. The van der Waals surface area contributed by atoms with Crippen LogP contribution in [0, 0.1) is 11.3 Å². The molecule has 1 aromatic heterocycles. The van der Waals surface area contributed by atoms with Crippen molar-refractivity contribution in [3.63, 3.8) is 0 Å². The highest BCUT2D eigenvalue weighted by Crippen LogP contribution is 2.41. The average molecular weight is 594 g/mol. The molecule has 4 rings (SSSR count). The maximum Gasteiger partial charge on any atom is 0.254 e. The SMILES string of the molecule is CCOc1ccccc1NC(=O)CSC1=C(C#N)[C@@H](c2ccco2)C(C(=O)Nc2ccc(S(N)(=O)=O)cc2)=C(C)N1. The molecule has 1 aliphatic heterocycles. The van der Waals surface area contributed by atoms with Crippen LogP contribution in [-0.2, 0) is 19.6 Å². The zero-order valence-corrected chi connectivity index (χ0v) is 23.8. The summed E-state index contributed by atoms with van der Waals surface area (Å²) in [5.74, 6) is -0.801. The number of primary sulfonamides is 1. The van der Waals surface area contributed by atoms with Gasteiger partial charge in [-0.3, -0.25) is 9.59 Å². The van der Waals surface area contributed by atoms with Gasteiger partial charge in [0.05, 0.1) is 57.4 Å². The summed E-state index contributed by atoms with van der Waals surface area (Å²) in [6.07, 6.45) is 1.44. The van der Waals surface area contributed by atoms with Gasteiger partial charge in [0.15, 0.2) is 0 Å². The third-order valence-electron chi connectivity index (χ3n) is 5.97. The first kappa shape index (κ1) is 29.5. The van der Waals surface area contributed by atoms with Crippen molar-refractivity contribution in [1.29, 1.82) is 5.26 Å². The molecule has 212 valence electrons. The third kappa shape index (κ3) is 6.98. The molecular formula is C28H27N5O6S2. The van der Waals surface area contributed by atoms with E-state index in [4.69, 9.17) is 14.3 Å². The van der Waals surface area contributed by atoms with E-state index in [0.29, 0.717) is 40.2 Å². The van der Waals surface area contributed by atoms with Gasteiger partial charge in [-0.15, -0.1) is 0 Å². The van der Waals surface area contributed by atoms with Crippen LogP contribution in [0.1, 0.15) is 25.5 Å². The Labute approximate surface area is 241 Å². The van der Waals surface area contributed by atoms with Gasteiger partial charge in [0.1, 0.15) is 11.5 Å². The number of anilines is 2. The Morgan fingerprint density at radius 1 is 1.12 bits per heavy atom. The van der Waals surface area contributed by atoms with Crippen LogP contribution in [0.25, 0.3) is 0 Å². The standard InChI is InChI=1S/C28H27N5O6S2/c1-3-38-22-8-5-4-7-21(22)33-24(34)16-40-28-20(15-29)26(23-9-6-14-39-23)25(17(2)31-28)27(35)32-18-10-12-19(13-11-18)41(30,36)37/h4-14,26,31H,3,16H2,1-2H3,(H,32,35)(H,33,34)(H2,30,36,37)/t26-/m0/s1. The first-order chi connectivity index (χ1) is 19.6. The van der Waals surface area contributed by atoms with Gasteiger partial charge in [-0.25, -0.2) is 13.6 Å². The number of dihydropyridines is 1. The fourth-order valence-corrected chi connectivity index (χ4v) is 5.58. The molecule has 5 N–H and O–H groups in total. The van der Waals surface area contributed by atoms with Crippen molar-refractivity contribution in [2.24, 2.45) is 5.14 Å². The molecule has 41 heavy (non-hydrogen) atoms. The minimum absolute atomic E-state index is 0.0238. The summed E-state index contributed by atoms with van der Waals surface area (Å²) in [7, 11) is -3.89. The summed E-state index contributed by atoms with van der Waals surface area (Å²) >= 11 is 1.12. The summed E-state index contributed by atoms with van der Waals surface area (Å²) in [6, 6.07) is 18.0. The number of hydrogen-bond acceptors (Lipinski definition) is 9. The zero-order chi connectivity index (χ0) is 29.6. The molecule has 13 heteroatoms. The van der Waals surface area contributed by atoms with Gasteiger partial charge in [-0.2, -0.15) is 5.26 Å². The summed E-state index contributed by atoms with van der Waals surface area (Å²) in [5.41, 5.74) is 1.74. The van der Waals surface area contributed by atoms with Crippen LogP contribution in [0.15, 0.2) is 98.1 Å². The second-order valence-electron chi connectivity index (χ2n) is 8.76.